The molecule has 100 valence electrons. The molecule has 1 heterocycles. The Bertz CT molecular complexity index is 389. The first-order valence-corrected chi connectivity index (χ1v) is 6.47. The maximum absolute atomic E-state index is 11.7. The van der Waals surface area contributed by atoms with E-state index in [4.69, 9.17) is 5.11 Å². The second kappa shape index (κ2) is 8.77. The van der Waals surface area contributed by atoms with Crippen LogP contribution in [0.3, 0.4) is 0 Å². The first-order valence-electron chi connectivity index (χ1n) is 5.07. The van der Waals surface area contributed by atoms with E-state index >= 15 is 0 Å². The number of carbonyl (C=O) groups is 2. The molecule has 0 fully saturated rings. The van der Waals surface area contributed by atoms with E-state index in [1.807, 2.05) is 6.26 Å². The van der Waals surface area contributed by atoms with Crippen LogP contribution < -0.4 is 5.32 Å². The predicted molar refractivity (Wildman–Crippen MR) is 73.4 cm³/mol. The highest BCUT2D eigenvalue weighted by atomic mass is 35.5. The largest absolute Gasteiger partial charge is 0.480 e. The lowest BCUT2D eigenvalue weighted by Crippen LogP contribution is -2.41. The quantitative estimate of drug-likeness (QED) is 0.829. The number of amides is 1. The van der Waals surface area contributed by atoms with Crippen LogP contribution in [0.15, 0.2) is 24.5 Å². The standard InChI is InChI=1S/C11H14N2O3S.ClH/c1-17-6-4-9(11(15)16)13-10(14)8-3-2-5-12-7-8;/h2-3,5,7,9H,4,6H2,1H3,(H,13,14)(H,15,16);1H. The summed E-state index contributed by atoms with van der Waals surface area (Å²) in [5.41, 5.74) is 0.364. The fraction of sp³-hybridized carbons (Fsp3) is 0.364. The van der Waals surface area contributed by atoms with Crippen LogP contribution in [0.25, 0.3) is 0 Å². The van der Waals surface area contributed by atoms with Crippen LogP contribution in [0.1, 0.15) is 16.8 Å². The van der Waals surface area contributed by atoms with Crippen molar-refractivity contribution in [3.05, 3.63) is 30.1 Å². The Labute approximate surface area is 116 Å². The Morgan fingerprint density at radius 3 is 2.78 bits per heavy atom. The third kappa shape index (κ3) is 5.37. The lowest BCUT2D eigenvalue weighted by Gasteiger charge is -2.13. The molecule has 5 nitrogen and oxygen atoms in total. The van der Waals surface area contributed by atoms with Crippen molar-refractivity contribution in [2.24, 2.45) is 0 Å². The molecule has 0 aliphatic rings. The number of halogens is 1. The minimum absolute atomic E-state index is 0. The minimum atomic E-state index is -1.02. The van der Waals surface area contributed by atoms with Crippen molar-refractivity contribution in [3.63, 3.8) is 0 Å². The smallest absolute Gasteiger partial charge is 0.326 e. The Balaban J connectivity index is 0.00000289. The molecule has 18 heavy (non-hydrogen) atoms. The Morgan fingerprint density at radius 1 is 1.56 bits per heavy atom. The summed E-state index contributed by atoms with van der Waals surface area (Å²) in [6, 6.07) is 2.37. The SMILES string of the molecule is CSCCC(NC(=O)c1cccnc1)C(=O)O.Cl. The maximum Gasteiger partial charge on any atom is 0.326 e. The molecule has 7 heteroatoms. The van der Waals surface area contributed by atoms with Crippen molar-refractivity contribution in [1.29, 1.82) is 0 Å². The van der Waals surface area contributed by atoms with E-state index < -0.39 is 17.9 Å². The second-order valence-corrected chi connectivity index (χ2v) is 4.37. The van der Waals surface area contributed by atoms with Gasteiger partial charge in [0, 0.05) is 12.4 Å². The monoisotopic (exact) mass is 290 g/mol. The number of aromatic nitrogens is 1. The molecule has 0 aromatic carbocycles. The van der Waals surface area contributed by atoms with Crippen molar-refractivity contribution in [2.75, 3.05) is 12.0 Å². The van der Waals surface area contributed by atoms with Crippen LogP contribution in [-0.4, -0.2) is 40.0 Å². The molecule has 0 bridgehead atoms. The molecule has 1 aromatic rings. The minimum Gasteiger partial charge on any atom is -0.480 e. The first-order chi connectivity index (χ1) is 8.15. The lowest BCUT2D eigenvalue weighted by molar-refractivity contribution is -0.139. The number of pyridine rings is 1. The van der Waals surface area contributed by atoms with Crippen molar-refractivity contribution in [3.8, 4) is 0 Å². The first kappa shape index (κ1) is 16.7. The Kier molecular flexibility index (Phi) is 8.15. The number of carbonyl (C=O) groups excluding carboxylic acids is 1. The van der Waals surface area contributed by atoms with E-state index in [0.29, 0.717) is 17.7 Å². The zero-order valence-electron chi connectivity index (χ0n) is 9.83. The Hall–Kier alpha value is -1.27. The van der Waals surface area contributed by atoms with Crippen LogP contribution in [0.5, 0.6) is 0 Å². The van der Waals surface area contributed by atoms with E-state index in [1.54, 1.807) is 30.1 Å². The van der Waals surface area contributed by atoms with Gasteiger partial charge in [0.2, 0.25) is 0 Å². The van der Waals surface area contributed by atoms with Gasteiger partial charge in [-0.3, -0.25) is 9.78 Å². The molecule has 0 spiro atoms. The third-order valence-electron chi connectivity index (χ3n) is 2.14. The number of nitrogens with zero attached hydrogens (tertiary/aromatic N) is 1. The van der Waals surface area contributed by atoms with Gasteiger partial charge in [0.15, 0.2) is 0 Å². The summed E-state index contributed by atoms with van der Waals surface area (Å²) >= 11 is 1.54. The number of carboxylic acid groups (broad SMARTS) is 1. The molecule has 1 atom stereocenters. The van der Waals surface area contributed by atoms with Gasteiger partial charge in [-0.25, -0.2) is 4.79 Å². The van der Waals surface area contributed by atoms with Gasteiger partial charge in [-0.05, 0) is 30.6 Å². The summed E-state index contributed by atoms with van der Waals surface area (Å²) < 4.78 is 0. The van der Waals surface area contributed by atoms with E-state index in [0.717, 1.165) is 0 Å². The maximum atomic E-state index is 11.7. The molecule has 2 N–H and O–H groups in total. The number of thioether (sulfide) groups is 1. The molecular formula is C11H15ClN2O3S. The molecule has 0 aliphatic carbocycles. The van der Waals surface area contributed by atoms with Gasteiger partial charge in [-0.1, -0.05) is 0 Å². The average Bonchev–Trinajstić information content (AvgIpc) is 2.35. The summed E-state index contributed by atoms with van der Waals surface area (Å²) in [7, 11) is 0. The normalized spacial score (nSPS) is 11.2. The third-order valence-corrected chi connectivity index (χ3v) is 2.78. The van der Waals surface area contributed by atoms with Gasteiger partial charge in [0.05, 0.1) is 5.56 Å². The van der Waals surface area contributed by atoms with Crippen LogP contribution >= 0.6 is 24.2 Å². The topological polar surface area (TPSA) is 79.3 Å². The zero-order valence-corrected chi connectivity index (χ0v) is 11.5. The van der Waals surface area contributed by atoms with E-state index in [1.165, 1.54) is 6.20 Å². The molecule has 0 saturated carbocycles. The average molecular weight is 291 g/mol. The number of nitrogens with one attached hydrogen (secondary N) is 1. The predicted octanol–water partition coefficient (Wildman–Crippen LogP) is 1.44. The summed E-state index contributed by atoms with van der Waals surface area (Å²) in [5.74, 6) is -0.743. The van der Waals surface area contributed by atoms with Gasteiger partial charge >= 0.3 is 5.97 Å². The summed E-state index contributed by atoms with van der Waals surface area (Å²) in [5, 5.41) is 11.4. The molecule has 1 unspecified atom stereocenters. The molecule has 0 aliphatic heterocycles. The van der Waals surface area contributed by atoms with Gasteiger partial charge in [-0.15, -0.1) is 12.4 Å². The number of aliphatic carboxylic acids is 1. The fourth-order valence-electron chi connectivity index (χ4n) is 1.23. The molecule has 1 rings (SSSR count). The fourth-order valence-corrected chi connectivity index (χ4v) is 1.70. The highest BCUT2D eigenvalue weighted by Gasteiger charge is 2.19. The van der Waals surface area contributed by atoms with E-state index in [2.05, 4.69) is 10.3 Å². The number of rotatable bonds is 6. The van der Waals surface area contributed by atoms with E-state index in [9.17, 15) is 9.59 Å². The zero-order chi connectivity index (χ0) is 12.7. The van der Waals surface area contributed by atoms with Gasteiger partial charge in [0.1, 0.15) is 6.04 Å². The molecule has 1 amide bonds. The second-order valence-electron chi connectivity index (χ2n) is 3.39. The molecular weight excluding hydrogens is 276 g/mol. The molecule has 0 radical (unpaired) electrons. The van der Waals surface area contributed by atoms with Gasteiger partial charge in [-0.2, -0.15) is 11.8 Å². The number of hydrogen-bond donors (Lipinski definition) is 2. The van der Waals surface area contributed by atoms with Gasteiger partial charge < -0.3 is 10.4 Å². The van der Waals surface area contributed by atoms with Crippen LogP contribution in [0.2, 0.25) is 0 Å². The summed E-state index contributed by atoms with van der Waals surface area (Å²) in [4.78, 5) is 26.4. The van der Waals surface area contributed by atoms with Crippen molar-refractivity contribution in [1.82, 2.24) is 10.3 Å². The molecule has 1 aromatic heterocycles. The van der Waals surface area contributed by atoms with Crippen molar-refractivity contribution < 1.29 is 14.7 Å². The highest BCUT2D eigenvalue weighted by Crippen LogP contribution is 2.03. The molecule has 0 saturated heterocycles. The van der Waals surface area contributed by atoms with Crippen LogP contribution in [0, 0.1) is 0 Å². The van der Waals surface area contributed by atoms with Gasteiger partial charge in [0.25, 0.3) is 5.91 Å². The van der Waals surface area contributed by atoms with Crippen LogP contribution in [-0.2, 0) is 4.79 Å². The highest BCUT2D eigenvalue weighted by molar-refractivity contribution is 7.98. The Morgan fingerprint density at radius 2 is 2.28 bits per heavy atom. The number of hydrogen-bond acceptors (Lipinski definition) is 4. The van der Waals surface area contributed by atoms with Crippen molar-refractivity contribution in [2.45, 2.75) is 12.5 Å². The van der Waals surface area contributed by atoms with Crippen LogP contribution in [0.4, 0.5) is 0 Å². The van der Waals surface area contributed by atoms with E-state index in [-0.39, 0.29) is 12.4 Å². The summed E-state index contributed by atoms with van der Waals surface area (Å²) in [6.45, 7) is 0. The number of carboxylic acids is 1. The lowest BCUT2D eigenvalue weighted by atomic mass is 10.2. The van der Waals surface area contributed by atoms with Crippen molar-refractivity contribution >= 4 is 36.0 Å². The summed E-state index contributed by atoms with van der Waals surface area (Å²) in [6.07, 6.45) is 5.26.